The first-order chi connectivity index (χ1) is 6.36. The average molecular weight is 176 g/mol. The predicted octanol–water partition coefficient (Wildman–Crippen LogP) is 1.39. The number of Topliss-reactive ketones (excluding diaryl/α,β-unsaturated/α-hetero) is 1. The van der Waals surface area contributed by atoms with Crippen LogP contribution >= 0.6 is 0 Å². The van der Waals surface area contributed by atoms with Crippen LogP contribution in [0.4, 0.5) is 0 Å². The smallest absolute Gasteiger partial charge is 0.141 e. The van der Waals surface area contributed by atoms with Gasteiger partial charge in [0.2, 0.25) is 0 Å². The van der Waals surface area contributed by atoms with Gasteiger partial charge in [0, 0.05) is 18.5 Å². The SMILES string of the molecule is O=C(Cc1ccncn1)C1CCC1. The molecule has 1 saturated carbocycles. The quantitative estimate of drug-likeness (QED) is 0.699. The maximum atomic E-state index is 11.5. The first kappa shape index (κ1) is 8.35. The summed E-state index contributed by atoms with van der Waals surface area (Å²) in [6, 6.07) is 1.80. The summed E-state index contributed by atoms with van der Waals surface area (Å²) in [4.78, 5) is 19.4. The number of aromatic nitrogens is 2. The fraction of sp³-hybridized carbons (Fsp3) is 0.500. The lowest BCUT2D eigenvalue weighted by Crippen LogP contribution is -2.23. The molecule has 0 unspecified atom stereocenters. The van der Waals surface area contributed by atoms with E-state index in [-0.39, 0.29) is 0 Å². The van der Waals surface area contributed by atoms with Gasteiger partial charge in [0.25, 0.3) is 0 Å². The van der Waals surface area contributed by atoms with Crippen molar-refractivity contribution >= 4 is 5.78 Å². The number of rotatable bonds is 3. The molecule has 0 amide bonds. The van der Waals surface area contributed by atoms with Gasteiger partial charge in [-0.05, 0) is 18.9 Å². The predicted molar refractivity (Wildman–Crippen MR) is 48.1 cm³/mol. The van der Waals surface area contributed by atoms with Crippen molar-refractivity contribution in [1.82, 2.24) is 9.97 Å². The van der Waals surface area contributed by atoms with Gasteiger partial charge in [-0.2, -0.15) is 0 Å². The molecule has 0 atom stereocenters. The summed E-state index contributed by atoms with van der Waals surface area (Å²) < 4.78 is 0. The second-order valence-corrected chi connectivity index (χ2v) is 3.47. The highest BCUT2D eigenvalue weighted by molar-refractivity contribution is 5.83. The lowest BCUT2D eigenvalue weighted by atomic mass is 9.81. The number of nitrogens with zero attached hydrogens (tertiary/aromatic N) is 2. The van der Waals surface area contributed by atoms with Crippen molar-refractivity contribution in [3.8, 4) is 0 Å². The zero-order valence-corrected chi connectivity index (χ0v) is 7.44. The van der Waals surface area contributed by atoms with Crippen LogP contribution in [0, 0.1) is 5.92 Å². The van der Waals surface area contributed by atoms with E-state index >= 15 is 0 Å². The second kappa shape index (κ2) is 3.64. The van der Waals surface area contributed by atoms with Crippen LogP contribution < -0.4 is 0 Å². The van der Waals surface area contributed by atoms with Crippen LogP contribution in [0.2, 0.25) is 0 Å². The number of ketones is 1. The molecule has 1 fully saturated rings. The first-order valence-corrected chi connectivity index (χ1v) is 4.64. The molecule has 1 aromatic heterocycles. The van der Waals surface area contributed by atoms with Gasteiger partial charge in [-0.15, -0.1) is 0 Å². The van der Waals surface area contributed by atoms with E-state index in [1.54, 1.807) is 12.3 Å². The Balaban J connectivity index is 1.94. The van der Waals surface area contributed by atoms with E-state index in [2.05, 4.69) is 9.97 Å². The van der Waals surface area contributed by atoms with E-state index in [9.17, 15) is 4.79 Å². The summed E-state index contributed by atoms with van der Waals surface area (Å²) in [5.74, 6) is 0.653. The second-order valence-electron chi connectivity index (χ2n) is 3.47. The lowest BCUT2D eigenvalue weighted by Gasteiger charge is -2.23. The van der Waals surface area contributed by atoms with Gasteiger partial charge >= 0.3 is 0 Å². The van der Waals surface area contributed by atoms with E-state index in [1.165, 1.54) is 12.7 Å². The van der Waals surface area contributed by atoms with Crippen molar-refractivity contribution in [3.63, 3.8) is 0 Å². The van der Waals surface area contributed by atoms with Crippen molar-refractivity contribution in [2.24, 2.45) is 5.92 Å². The van der Waals surface area contributed by atoms with Crippen LogP contribution in [0.1, 0.15) is 25.0 Å². The molecule has 0 radical (unpaired) electrons. The van der Waals surface area contributed by atoms with Crippen LogP contribution in [-0.4, -0.2) is 15.8 Å². The van der Waals surface area contributed by atoms with E-state index in [4.69, 9.17) is 0 Å². The molecule has 0 N–H and O–H groups in total. The summed E-state index contributed by atoms with van der Waals surface area (Å²) in [6.45, 7) is 0. The van der Waals surface area contributed by atoms with Gasteiger partial charge < -0.3 is 0 Å². The minimum Gasteiger partial charge on any atom is -0.299 e. The highest BCUT2D eigenvalue weighted by Gasteiger charge is 2.24. The molecule has 0 aliphatic heterocycles. The Labute approximate surface area is 77.2 Å². The molecule has 13 heavy (non-hydrogen) atoms. The van der Waals surface area contributed by atoms with E-state index < -0.39 is 0 Å². The molecule has 0 aromatic carbocycles. The van der Waals surface area contributed by atoms with Gasteiger partial charge in [-0.3, -0.25) is 4.79 Å². The Hall–Kier alpha value is -1.25. The minimum atomic E-state index is 0.315. The molecule has 68 valence electrons. The summed E-state index contributed by atoms with van der Waals surface area (Å²) in [5, 5.41) is 0. The van der Waals surface area contributed by atoms with E-state index in [1.807, 2.05) is 0 Å². The fourth-order valence-electron chi connectivity index (χ4n) is 1.48. The van der Waals surface area contributed by atoms with E-state index in [0.29, 0.717) is 18.1 Å². The monoisotopic (exact) mass is 176 g/mol. The Morgan fingerprint density at radius 3 is 2.92 bits per heavy atom. The van der Waals surface area contributed by atoms with Crippen LogP contribution in [0.15, 0.2) is 18.6 Å². The maximum absolute atomic E-state index is 11.5. The first-order valence-electron chi connectivity index (χ1n) is 4.64. The Morgan fingerprint density at radius 1 is 1.54 bits per heavy atom. The van der Waals surface area contributed by atoms with Crippen LogP contribution in [0.5, 0.6) is 0 Å². The van der Waals surface area contributed by atoms with Crippen molar-refractivity contribution in [2.75, 3.05) is 0 Å². The summed E-state index contributed by atoms with van der Waals surface area (Å²) in [5.41, 5.74) is 0.840. The molecular weight excluding hydrogens is 164 g/mol. The van der Waals surface area contributed by atoms with Crippen LogP contribution in [-0.2, 0) is 11.2 Å². The third-order valence-electron chi connectivity index (χ3n) is 2.56. The van der Waals surface area contributed by atoms with Crippen LogP contribution in [0.25, 0.3) is 0 Å². The third kappa shape index (κ3) is 1.91. The van der Waals surface area contributed by atoms with Crippen molar-refractivity contribution in [3.05, 3.63) is 24.3 Å². The molecule has 3 nitrogen and oxygen atoms in total. The van der Waals surface area contributed by atoms with Crippen molar-refractivity contribution in [2.45, 2.75) is 25.7 Å². The molecule has 1 aliphatic rings. The molecule has 2 rings (SSSR count). The van der Waals surface area contributed by atoms with Crippen molar-refractivity contribution in [1.29, 1.82) is 0 Å². The average Bonchev–Trinajstić information content (AvgIpc) is 2.02. The largest absolute Gasteiger partial charge is 0.299 e. The molecule has 0 saturated heterocycles. The van der Waals surface area contributed by atoms with E-state index in [0.717, 1.165) is 18.5 Å². The zero-order chi connectivity index (χ0) is 9.10. The minimum absolute atomic E-state index is 0.315. The molecule has 1 heterocycles. The summed E-state index contributed by atoms with van der Waals surface area (Å²) in [7, 11) is 0. The Kier molecular flexibility index (Phi) is 2.34. The zero-order valence-electron chi connectivity index (χ0n) is 7.44. The highest BCUT2D eigenvalue weighted by atomic mass is 16.1. The number of carbonyl (C=O) groups is 1. The van der Waals surface area contributed by atoms with Gasteiger partial charge in [-0.25, -0.2) is 9.97 Å². The molecule has 0 bridgehead atoms. The van der Waals surface area contributed by atoms with Gasteiger partial charge in [-0.1, -0.05) is 6.42 Å². The topological polar surface area (TPSA) is 42.9 Å². The van der Waals surface area contributed by atoms with Crippen LogP contribution in [0.3, 0.4) is 0 Å². The lowest BCUT2D eigenvalue weighted by molar-refractivity contribution is -0.124. The number of hydrogen-bond acceptors (Lipinski definition) is 3. The number of carbonyl (C=O) groups excluding carboxylic acids is 1. The standard InChI is InChI=1S/C10H12N2O/c13-10(8-2-1-3-8)6-9-4-5-11-7-12-9/h4-5,7-8H,1-3,6H2. The highest BCUT2D eigenvalue weighted by Crippen LogP contribution is 2.27. The van der Waals surface area contributed by atoms with Gasteiger partial charge in [0.1, 0.15) is 12.1 Å². The molecular formula is C10H12N2O. The molecule has 0 spiro atoms. The summed E-state index contributed by atoms with van der Waals surface area (Å²) in [6.07, 6.45) is 7.00. The summed E-state index contributed by atoms with van der Waals surface area (Å²) >= 11 is 0. The Bertz CT molecular complexity index is 293. The molecule has 1 aliphatic carbocycles. The van der Waals surface area contributed by atoms with Crippen molar-refractivity contribution < 1.29 is 4.79 Å². The maximum Gasteiger partial charge on any atom is 0.141 e. The third-order valence-corrected chi connectivity index (χ3v) is 2.56. The number of hydrogen-bond donors (Lipinski definition) is 0. The van der Waals surface area contributed by atoms with Gasteiger partial charge in [0.15, 0.2) is 0 Å². The molecule has 1 aromatic rings. The Morgan fingerprint density at radius 2 is 2.38 bits per heavy atom. The van der Waals surface area contributed by atoms with Gasteiger partial charge in [0.05, 0.1) is 5.69 Å². The normalized spacial score (nSPS) is 16.6. The fourth-order valence-corrected chi connectivity index (χ4v) is 1.48. The molecule has 3 heteroatoms.